The smallest absolute Gasteiger partial charge is 0.279 e. The van der Waals surface area contributed by atoms with Crippen molar-refractivity contribution in [3.8, 4) is 0 Å². The predicted molar refractivity (Wildman–Crippen MR) is 85.8 cm³/mol. The summed E-state index contributed by atoms with van der Waals surface area (Å²) in [5.74, 6) is -1.31. The molecule has 116 valence electrons. The number of fused-ring (bicyclic) bond motifs is 1. The molecule has 0 bridgehead atoms. The van der Waals surface area contributed by atoms with E-state index >= 15 is 0 Å². The Bertz CT molecular complexity index is 837. The first kappa shape index (κ1) is 15.4. The van der Waals surface area contributed by atoms with Crippen molar-refractivity contribution >= 4 is 29.1 Å². The fourth-order valence-corrected chi connectivity index (χ4v) is 2.74. The Hall–Kier alpha value is -2.53. The summed E-state index contributed by atoms with van der Waals surface area (Å²) in [6.07, 6.45) is 6.75. The van der Waals surface area contributed by atoms with Crippen LogP contribution in [0.15, 0.2) is 58.8 Å². The van der Waals surface area contributed by atoms with Crippen molar-refractivity contribution in [1.29, 1.82) is 0 Å². The first-order valence-electron chi connectivity index (χ1n) is 6.91. The van der Waals surface area contributed by atoms with Crippen molar-refractivity contribution in [3.05, 3.63) is 70.2 Å². The lowest BCUT2D eigenvalue weighted by Crippen LogP contribution is -2.32. The number of carbonyl (C=O) groups excluding carboxylic acids is 2. The minimum Gasteiger partial charge on any atom is -0.325 e. The summed E-state index contributed by atoms with van der Waals surface area (Å²) < 4.78 is 13.0. The van der Waals surface area contributed by atoms with E-state index in [9.17, 15) is 14.0 Å². The zero-order chi connectivity index (χ0) is 16.6. The van der Waals surface area contributed by atoms with Crippen molar-refractivity contribution < 1.29 is 14.0 Å². The Morgan fingerprint density at radius 1 is 1.35 bits per heavy atom. The molecule has 1 aliphatic carbocycles. The lowest BCUT2D eigenvalue weighted by Gasteiger charge is -2.25. The second-order valence-corrected chi connectivity index (χ2v) is 5.69. The van der Waals surface area contributed by atoms with E-state index in [1.165, 1.54) is 12.1 Å². The van der Waals surface area contributed by atoms with E-state index in [1.54, 1.807) is 12.2 Å². The van der Waals surface area contributed by atoms with Gasteiger partial charge in [0.15, 0.2) is 0 Å². The van der Waals surface area contributed by atoms with Crippen molar-refractivity contribution in [2.24, 2.45) is 10.9 Å². The van der Waals surface area contributed by atoms with Crippen molar-refractivity contribution in [2.75, 3.05) is 0 Å². The summed E-state index contributed by atoms with van der Waals surface area (Å²) in [7, 11) is 0. The first-order chi connectivity index (χ1) is 10.9. The Labute approximate surface area is 137 Å². The maximum Gasteiger partial charge on any atom is 0.279 e. The monoisotopic (exact) mass is 330 g/mol. The second kappa shape index (κ2) is 5.93. The number of hydrogen-bond acceptors (Lipinski definition) is 2. The van der Waals surface area contributed by atoms with Gasteiger partial charge in [0.25, 0.3) is 5.91 Å². The van der Waals surface area contributed by atoms with Gasteiger partial charge in [0, 0.05) is 17.7 Å². The van der Waals surface area contributed by atoms with E-state index in [0.717, 1.165) is 17.7 Å². The standard InChI is InChI=1S/C17H12ClFN2O2/c1-9-6-16(22)21-15-8-11(3-5-12(9)15)20-17(23)13-4-2-10(19)7-14(13)18/h2-8,12H,1H3,(H,21,22). The molecule has 0 radical (unpaired) electrons. The molecule has 3 rings (SSSR count). The largest absolute Gasteiger partial charge is 0.325 e. The molecule has 1 N–H and O–H groups in total. The molecule has 6 heteroatoms. The fraction of sp³-hybridized carbons (Fsp3) is 0.118. The van der Waals surface area contributed by atoms with E-state index in [0.29, 0.717) is 11.4 Å². The maximum atomic E-state index is 13.0. The predicted octanol–water partition coefficient (Wildman–Crippen LogP) is 3.21. The van der Waals surface area contributed by atoms with E-state index in [4.69, 9.17) is 11.6 Å². The van der Waals surface area contributed by atoms with Gasteiger partial charge in [-0.15, -0.1) is 0 Å². The highest BCUT2D eigenvalue weighted by molar-refractivity contribution is 6.34. The average molecular weight is 331 g/mol. The molecular weight excluding hydrogens is 319 g/mol. The number of carbonyl (C=O) groups is 2. The van der Waals surface area contributed by atoms with Crippen molar-refractivity contribution in [3.63, 3.8) is 0 Å². The summed E-state index contributed by atoms with van der Waals surface area (Å²) >= 11 is 5.86. The molecule has 0 spiro atoms. The molecule has 2 aliphatic rings. The molecular formula is C17H12ClFN2O2. The minimum absolute atomic E-state index is 0.00872. The molecule has 4 nitrogen and oxygen atoms in total. The number of benzene rings is 1. The van der Waals surface area contributed by atoms with Gasteiger partial charge in [-0.25, -0.2) is 9.38 Å². The molecule has 1 aliphatic heterocycles. The number of hydrogen-bond donors (Lipinski definition) is 1. The molecule has 0 fully saturated rings. The molecule has 0 saturated carbocycles. The third-order valence-corrected chi connectivity index (χ3v) is 3.92. The lowest BCUT2D eigenvalue weighted by atomic mass is 9.89. The number of amides is 2. The Balaban J connectivity index is 1.90. The third kappa shape index (κ3) is 3.14. The maximum absolute atomic E-state index is 13.0. The molecule has 2 amide bonds. The molecule has 0 aromatic heterocycles. The summed E-state index contributed by atoms with van der Waals surface area (Å²) in [6, 6.07) is 3.51. The highest BCUT2D eigenvalue weighted by Crippen LogP contribution is 2.26. The SMILES string of the molecule is CC1=CC(=O)NC2=CC(=NC(=O)c3ccc(F)cc3Cl)C=CC12. The van der Waals surface area contributed by atoms with Gasteiger partial charge in [-0.3, -0.25) is 9.59 Å². The molecule has 1 aromatic carbocycles. The lowest BCUT2D eigenvalue weighted by molar-refractivity contribution is -0.116. The number of aliphatic imine (C=N–C) groups is 1. The first-order valence-corrected chi connectivity index (χ1v) is 7.29. The zero-order valence-corrected chi connectivity index (χ0v) is 12.9. The second-order valence-electron chi connectivity index (χ2n) is 5.28. The van der Waals surface area contributed by atoms with E-state index in [-0.39, 0.29) is 22.4 Å². The normalized spacial score (nSPS) is 21.4. The van der Waals surface area contributed by atoms with Crippen LogP contribution in [0.25, 0.3) is 0 Å². The summed E-state index contributed by atoms with van der Waals surface area (Å²) in [5, 5.41) is 2.75. The zero-order valence-electron chi connectivity index (χ0n) is 12.1. The number of rotatable bonds is 1. The molecule has 0 saturated heterocycles. The molecule has 1 unspecified atom stereocenters. The molecule has 1 aromatic rings. The Kier molecular flexibility index (Phi) is 3.96. The summed E-state index contributed by atoms with van der Waals surface area (Å²) in [4.78, 5) is 27.7. The Morgan fingerprint density at radius 3 is 2.87 bits per heavy atom. The fourth-order valence-electron chi connectivity index (χ4n) is 2.49. The highest BCUT2D eigenvalue weighted by atomic mass is 35.5. The molecule has 1 atom stereocenters. The van der Waals surface area contributed by atoms with Crippen LogP contribution in [-0.2, 0) is 4.79 Å². The van der Waals surface area contributed by atoms with Gasteiger partial charge in [-0.1, -0.05) is 23.3 Å². The van der Waals surface area contributed by atoms with Crippen LogP contribution in [0.3, 0.4) is 0 Å². The van der Waals surface area contributed by atoms with E-state index < -0.39 is 11.7 Å². The Morgan fingerprint density at radius 2 is 2.13 bits per heavy atom. The van der Waals surface area contributed by atoms with E-state index in [1.807, 2.05) is 13.0 Å². The number of nitrogens with zero attached hydrogens (tertiary/aromatic N) is 1. The van der Waals surface area contributed by atoms with Crippen LogP contribution in [0.4, 0.5) is 4.39 Å². The number of halogens is 2. The third-order valence-electron chi connectivity index (χ3n) is 3.61. The highest BCUT2D eigenvalue weighted by Gasteiger charge is 2.24. The van der Waals surface area contributed by atoms with Crippen LogP contribution < -0.4 is 5.32 Å². The van der Waals surface area contributed by atoms with Crippen LogP contribution in [-0.4, -0.2) is 17.5 Å². The van der Waals surface area contributed by atoms with E-state index in [2.05, 4.69) is 10.3 Å². The van der Waals surface area contributed by atoms with Gasteiger partial charge in [-0.2, -0.15) is 0 Å². The van der Waals surface area contributed by atoms with Crippen molar-refractivity contribution in [2.45, 2.75) is 6.92 Å². The van der Waals surface area contributed by atoms with Crippen LogP contribution >= 0.6 is 11.6 Å². The quantitative estimate of drug-likeness (QED) is 0.859. The van der Waals surface area contributed by atoms with Crippen LogP contribution in [0.5, 0.6) is 0 Å². The van der Waals surface area contributed by atoms with Crippen LogP contribution in [0, 0.1) is 11.7 Å². The van der Waals surface area contributed by atoms with Gasteiger partial charge in [0.2, 0.25) is 5.91 Å². The van der Waals surface area contributed by atoms with Gasteiger partial charge in [-0.05, 0) is 37.3 Å². The van der Waals surface area contributed by atoms with Gasteiger partial charge < -0.3 is 5.32 Å². The van der Waals surface area contributed by atoms with Crippen LogP contribution in [0.1, 0.15) is 17.3 Å². The summed E-state index contributed by atoms with van der Waals surface area (Å²) in [5.41, 5.74) is 2.12. The average Bonchev–Trinajstić information content (AvgIpc) is 2.46. The number of nitrogens with one attached hydrogen (secondary N) is 1. The van der Waals surface area contributed by atoms with Gasteiger partial charge >= 0.3 is 0 Å². The molecule has 23 heavy (non-hydrogen) atoms. The topological polar surface area (TPSA) is 58.5 Å². The minimum atomic E-state index is -0.570. The van der Waals surface area contributed by atoms with Gasteiger partial charge in [0.1, 0.15) is 5.82 Å². The molecule has 1 heterocycles. The number of allylic oxidation sites excluding steroid dienone is 3. The van der Waals surface area contributed by atoms with Crippen LogP contribution in [0.2, 0.25) is 5.02 Å². The summed E-state index contributed by atoms with van der Waals surface area (Å²) in [6.45, 7) is 1.87. The van der Waals surface area contributed by atoms with Crippen molar-refractivity contribution in [1.82, 2.24) is 5.32 Å². The van der Waals surface area contributed by atoms with Gasteiger partial charge in [0.05, 0.1) is 16.3 Å².